The summed E-state index contributed by atoms with van der Waals surface area (Å²) in [5.41, 5.74) is 0.0496. The number of piperidine rings is 1. The van der Waals surface area contributed by atoms with Gasteiger partial charge in [-0.2, -0.15) is 0 Å². The molecule has 3 rings (SSSR count). The second-order valence-electron chi connectivity index (χ2n) is 8.92. The van der Waals surface area contributed by atoms with E-state index in [1.807, 2.05) is 49.1 Å². The summed E-state index contributed by atoms with van der Waals surface area (Å²) in [6, 6.07) is 8.51. The molecule has 2 fully saturated rings. The molecule has 2 amide bonds. The van der Waals surface area contributed by atoms with Gasteiger partial charge in [0.1, 0.15) is 6.04 Å². The Morgan fingerprint density at radius 3 is 2.35 bits per heavy atom. The Balaban J connectivity index is 0.00000341. The predicted octanol–water partition coefficient (Wildman–Crippen LogP) is 2.34. The van der Waals surface area contributed by atoms with Crippen molar-refractivity contribution in [2.45, 2.75) is 63.5 Å². The summed E-state index contributed by atoms with van der Waals surface area (Å²) in [6.45, 7) is 5.72. The number of carboxylic acids is 1. The minimum Gasteiger partial charge on any atom is -0.480 e. The molecule has 1 aromatic carbocycles. The molecule has 3 N–H and O–H groups in total. The number of nitrogens with zero attached hydrogens (tertiary/aromatic N) is 1. The molecule has 1 aromatic rings. The molecule has 2 aliphatic rings. The quantitative estimate of drug-likeness (QED) is 0.591. The van der Waals surface area contributed by atoms with Crippen LogP contribution in [0.3, 0.4) is 0 Å². The van der Waals surface area contributed by atoms with Crippen LogP contribution in [0.5, 0.6) is 0 Å². The van der Waals surface area contributed by atoms with Crippen molar-refractivity contribution in [1.29, 1.82) is 0 Å². The first kappa shape index (κ1) is 25.1. The van der Waals surface area contributed by atoms with Crippen LogP contribution in [0.15, 0.2) is 30.3 Å². The molecule has 2 atom stereocenters. The van der Waals surface area contributed by atoms with E-state index in [-0.39, 0.29) is 36.2 Å². The number of rotatable bonds is 7. The maximum atomic E-state index is 13.5. The van der Waals surface area contributed by atoms with Crippen LogP contribution >= 0.6 is 12.4 Å². The van der Waals surface area contributed by atoms with Gasteiger partial charge in [0.05, 0.1) is 11.5 Å². The Morgan fingerprint density at radius 2 is 1.84 bits per heavy atom. The fourth-order valence-electron chi connectivity index (χ4n) is 4.62. The number of halogens is 1. The lowest BCUT2D eigenvalue weighted by atomic mass is 9.71. The first-order valence-electron chi connectivity index (χ1n) is 10.9. The normalized spacial score (nSPS) is 21.3. The first-order valence-corrected chi connectivity index (χ1v) is 10.9. The SMILES string of the molecule is CC(C)C[C@H](NC(=O)C1(c2ccccc2)CCN(C(=O)[C@@H]2CCCN2)CC1)C(=O)O.Cl. The van der Waals surface area contributed by atoms with Crippen molar-refractivity contribution in [1.82, 2.24) is 15.5 Å². The third kappa shape index (κ3) is 5.77. The molecule has 0 radical (unpaired) electrons. The molecular formula is C23H34ClN3O4. The molecule has 7 nitrogen and oxygen atoms in total. The van der Waals surface area contributed by atoms with Crippen LogP contribution in [0.1, 0.15) is 51.5 Å². The lowest BCUT2D eigenvalue weighted by Gasteiger charge is -2.42. The van der Waals surface area contributed by atoms with Crippen molar-refractivity contribution < 1.29 is 19.5 Å². The highest BCUT2D eigenvalue weighted by molar-refractivity contribution is 5.92. The summed E-state index contributed by atoms with van der Waals surface area (Å²) in [7, 11) is 0. The minimum atomic E-state index is -1.01. The number of hydrogen-bond acceptors (Lipinski definition) is 4. The van der Waals surface area contributed by atoms with Crippen LogP contribution in [-0.4, -0.2) is 59.5 Å². The molecule has 0 saturated carbocycles. The number of carboxylic acid groups (broad SMARTS) is 1. The molecule has 0 aliphatic carbocycles. The van der Waals surface area contributed by atoms with E-state index in [0.29, 0.717) is 32.4 Å². The number of hydrogen-bond donors (Lipinski definition) is 3. The van der Waals surface area contributed by atoms with E-state index in [1.165, 1.54) is 0 Å². The van der Waals surface area contributed by atoms with E-state index in [2.05, 4.69) is 10.6 Å². The molecule has 0 spiro atoms. The summed E-state index contributed by atoms with van der Waals surface area (Å²) < 4.78 is 0. The topological polar surface area (TPSA) is 98.7 Å². The first-order chi connectivity index (χ1) is 14.3. The van der Waals surface area contributed by atoms with Gasteiger partial charge in [0.25, 0.3) is 0 Å². The highest BCUT2D eigenvalue weighted by Gasteiger charge is 2.45. The maximum absolute atomic E-state index is 13.5. The minimum absolute atomic E-state index is 0. The number of carbonyl (C=O) groups is 3. The number of benzene rings is 1. The van der Waals surface area contributed by atoms with Crippen LogP contribution in [0.2, 0.25) is 0 Å². The third-order valence-corrected chi connectivity index (χ3v) is 6.36. The summed E-state index contributed by atoms with van der Waals surface area (Å²) in [4.78, 5) is 39.8. The standard InChI is InChI=1S/C23H33N3O4.ClH/c1-16(2)15-19(21(28)29)25-22(30)23(17-7-4-3-5-8-17)10-13-26(14-11-23)20(27)18-9-6-12-24-18;/h3-5,7-8,16,18-19,24H,6,9-15H2,1-2H3,(H,25,30)(H,28,29);1H/t18-,19-;/m0./s1. The van der Waals surface area contributed by atoms with Crippen molar-refractivity contribution in [2.24, 2.45) is 5.92 Å². The highest BCUT2D eigenvalue weighted by Crippen LogP contribution is 2.36. The van der Waals surface area contributed by atoms with Crippen molar-refractivity contribution in [3.05, 3.63) is 35.9 Å². The van der Waals surface area contributed by atoms with E-state index >= 15 is 0 Å². The molecule has 0 aromatic heterocycles. The Morgan fingerprint density at radius 1 is 1.19 bits per heavy atom. The van der Waals surface area contributed by atoms with Gasteiger partial charge in [-0.05, 0) is 50.1 Å². The van der Waals surface area contributed by atoms with Gasteiger partial charge in [0, 0.05) is 13.1 Å². The lowest BCUT2D eigenvalue weighted by molar-refractivity contribution is -0.144. The zero-order chi connectivity index (χ0) is 21.7. The Bertz CT molecular complexity index is 757. The van der Waals surface area contributed by atoms with Gasteiger partial charge >= 0.3 is 5.97 Å². The second-order valence-corrected chi connectivity index (χ2v) is 8.92. The van der Waals surface area contributed by atoms with Crippen LogP contribution in [0, 0.1) is 5.92 Å². The second kappa shape index (κ2) is 11.0. The summed E-state index contributed by atoms with van der Waals surface area (Å²) in [5, 5.41) is 15.6. The van der Waals surface area contributed by atoms with Gasteiger partial charge in [0.2, 0.25) is 11.8 Å². The van der Waals surface area contributed by atoms with Gasteiger partial charge in [-0.3, -0.25) is 9.59 Å². The summed E-state index contributed by atoms with van der Waals surface area (Å²) in [6.07, 6.45) is 3.21. The van der Waals surface area contributed by atoms with Gasteiger partial charge < -0.3 is 20.6 Å². The van der Waals surface area contributed by atoms with E-state index in [9.17, 15) is 19.5 Å². The van der Waals surface area contributed by atoms with Crippen LogP contribution < -0.4 is 10.6 Å². The highest BCUT2D eigenvalue weighted by atomic mass is 35.5. The average Bonchev–Trinajstić information content (AvgIpc) is 3.28. The van der Waals surface area contributed by atoms with Gasteiger partial charge in [-0.15, -0.1) is 12.4 Å². The predicted molar refractivity (Wildman–Crippen MR) is 121 cm³/mol. The monoisotopic (exact) mass is 451 g/mol. The fraction of sp³-hybridized carbons (Fsp3) is 0.609. The molecule has 2 aliphatic heterocycles. The molecular weight excluding hydrogens is 418 g/mol. The molecule has 2 heterocycles. The van der Waals surface area contributed by atoms with E-state index in [4.69, 9.17) is 0 Å². The summed E-state index contributed by atoms with van der Waals surface area (Å²) in [5.74, 6) is -1.01. The number of amides is 2. The smallest absolute Gasteiger partial charge is 0.326 e. The van der Waals surface area contributed by atoms with Crippen LogP contribution in [-0.2, 0) is 19.8 Å². The van der Waals surface area contributed by atoms with Gasteiger partial charge in [0.15, 0.2) is 0 Å². The number of likely N-dealkylation sites (tertiary alicyclic amines) is 1. The number of nitrogens with one attached hydrogen (secondary N) is 2. The maximum Gasteiger partial charge on any atom is 0.326 e. The zero-order valence-corrected chi connectivity index (χ0v) is 19.1. The average molecular weight is 452 g/mol. The van der Waals surface area contributed by atoms with Gasteiger partial charge in [-0.1, -0.05) is 44.2 Å². The van der Waals surface area contributed by atoms with E-state index in [1.54, 1.807) is 0 Å². The zero-order valence-electron chi connectivity index (χ0n) is 18.3. The molecule has 2 saturated heterocycles. The molecule has 8 heteroatoms. The molecule has 0 unspecified atom stereocenters. The van der Waals surface area contributed by atoms with Crippen LogP contribution in [0.25, 0.3) is 0 Å². The van der Waals surface area contributed by atoms with Crippen molar-refractivity contribution >= 4 is 30.2 Å². The van der Waals surface area contributed by atoms with E-state index in [0.717, 1.165) is 24.9 Å². The largest absolute Gasteiger partial charge is 0.480 e. The Hall–Kier alpha value is -2.12. The molecule has 0 bridgehead atoms. The van der Waals surface area contributed by atoms with Gasteiger partial charge in [-0.25, -0.2) is 4.79 Å². The van der Waals surface area contributed by atoms with Crippen molar-refractivity contribution in [3.63, 3.8) is 0 Å². The number of carbonyl (C=O) groups excluding carboxylic acids is 2. The fourth-order valence-corrected chi connectivity index (χ4v) is 4.62. The number of aliphatic carboxylic acids is 1. The summed E-state index contributed by atoms with van der Waals surface area (Å²) >= 11 is 0. The van der Waals surface area contributed by atoms with Crippen LogP contribution in [0.4, 0.5) is 0 Å². The lowest BCUT2D eigenvalue weighted by Crippen LogP contribution is -2.57. The Labute approximate surface area is 190 Å². The van der Waals surface area contributed by atoms with Crippen molar-refractivity contribution in [2.75, 3.05) is 19.6 Å². The third-order valence-electron chi connectivity index (χ3n) is 6.36. The molecule has 172 valence electrons. The molecule has 31 heavy (non-hydrogen) atoms. The Kier molecular flexibility index (Phi) is 8.89. The van der Waals surface area contributed by atoms with E-state index < -0.39 is 17.4 Å². The van der Waals surface area contributed by atoms with Crippen molar-refractivity contribution in [3.8, 4) is 0 Å².